The number of fused-ring (bicyclic) bond motifs is 1. The molecular formula is C23H24ClN3O. The molecule has 0 aliphatic carbocycles. The number of aryl methyl sites for hydroxylation is 1. The summed E-state index contributed by atoms with van der Waals surface area (Å²) in [6, 6.07) is 18.2. The quantitative estimate of drug-likeness (QED) is 0.626. The van der Waals surface area contributed by atoms with Crippen LogP contribution in [0.1, 0.15) is 16.7 Å². The van der Waals surface area contributed by atoms with Crippen LogP contribution in [-0.4, -0.2) is 46.9 Å². The van der Waals surface area contributed by atoms with Crippen LogP contribution in [0.3, 0.4) is 0 Å². The minimum Gasteiger partial charge on any atom is -0.340 e. The van der Waals surface area contributed by atoms with Gasteiger partial charge in [-0.15, -0.1) is 0 Å². The van der Waals surface area contributed by atoms with Crippen molar-refractivity contribution in [3.63, 3.8) is 0 Å². The first-order chi connectivity index (χ1) is 13.6. The van der Waals surface area contributed by atoms with Crippen LogP contribution in [0.4, 0.5) is 0 Å². The Balaban J connectivity index is 1.36. The van der Waals surface area contributed by atoms with Gasteiger partial charge in [0.1, 0.15) is 5.15 Å². The summed E-state index contributed by atoms with van der Waals surface area (Å²) in [6.07, 6.45) is 0.479. The Kier molecular flexibility index (Phi) is 5.60. The number of hydrogen-bond donors (Lipinski definition) is 0. The van der Waals surface area contributed by atoms with Gasteiger partial charge in [0, 0.05) is 43.7 Å². The van der Waals surface area contributed by atoms with Gasteiger partial charge in [-0.2, -0.15) is 0 Å². The summed E-state index contributed by atoms with van der Waals surface area (Å²) in [4.78, 5) is 21.5. The fourth-order valence-electron chi connectivity index (χ4n) is 3.73. The summed E-state index contributed by atoms with van der Waals surface area (Å²) in [5.41, 5.74) is 4.25. The van der Waals surface area contributed by atoms with Gasteiger partial charge < -0.3 is 4.90 Å². The maximum absolute atomic E-state index is 12.7. The number of piperazine rings is 1. The molecule has 144 valence electrons. The molecule has 2 heterocycles. The van der Waals surface area contributed by atoms with Crippen LogP contribution in [-0.2, 0) is 17.8 Å². The third-order valence-corrected chi connectivity index (χ3v) is 5.80. The van der Waals surface area contributed by atoms with Gasteiger partial charge in [0.2, 0.25) is 5.91 Å². The fourth-order valence-corrected chi connectivity index (χ4v) is 3.93. The van der Waals surface area contributed by atoms with Crippen molar-refractivity contribution in [3.8, 4) is 0 Å². The molecule has 3 aromatic rings. The molecule has 28 heavy (non-hydrogen) atoms. The highest BCUT2D eigenvalue weighted by atomic mass is 35.5. The number of nitrogens with zero attached hydrogens (tertiary/aromatic N) is 3. The Morgan fingerprint density at radius 1 is 1.00 bits per heavy atom. The predicted molar refractivity (Wildman–Crippen MR) is 113 cm³/mol. The maximum Gasteiger partial charge on any atom is 0.227 e. The van der Waals surface area contributed by atoms with Gasteiger partial charge in [-0.25, -0.2) is 4.98 Å². The standard InChI is InChI=1S/C23H24ClN3O/c1-17-6-2-3-7-18(17)15-22(28)27-12-10-26(11-13-27)16-20-14-19-8-4-5-9-21(19)25-23(20)24/h2-9,14H,10-13,15-16H2,1H3. The molecule has 0 N–H and O–H groups in total. The number of halogens is 1. The molecular weight excluding hydrogens is 370 g/mol. The number of carbonyl (C=O) groups is 1. The first-order valence-electron chi connectivity index (χ1n) is 9.69. The zero-order chi connectivity index (χ0) is 19.5. The molecule has 0 atom stereocenters. The number of rotatable bonds is 4. The maximum atomic E-state index is 12.7. The molecule has 1 fully saturated rings. The summed E-state index contributed by atoms with van der Waals surface area (Å²) >= 11 is 6.40. The van der Waals surface area contributed by atoms with Gasteiger partial charge in [0.25, 0.3) is 0 Å². The summed E-state index contributed by atoms with van der Waals surface area (Å²) in [5, 5.41) is 1.67. The van der Waals surface area contributed by atoms with E-state index in [2.05, 4.69) is 35.0 Å². The number of para-hydroxylation sites is 1. The van der Waals surface area contributed by atoms with Gasteiger partial charge in [0.05, 0.1) is 11.9 Å². The summed E-state index contributed by atoms with van der Waals surface area (Å²) in [6.45, 7) is 6.02. The van der Waals surface area contributed by atoms with E-state index < -0.39 is 0 Å². The molecule has 0 unspecified atom stereocenters. The van der Waals surface area contributed by atoms with E-state index in [-0.39, 0.29) is 5.91 Å². The predicted octanol–water partition coefficient (Wildman–Crippen LogP) is 4.08. The number of hydrogen-bond acceptors (Lipinski definition) is 3. The first-order valence-corrected chi connectivity index (χ1v) is 10.1. The van der Waals surface area contributed by atoms with Crippen LogP contribution < -0.4 is 0 Å². The Morgan fingerprint density at radius 3 is 2.50 bits per heavy atom. The summed E-state index contributed by atoms with van der Waals surface area (Å²) in [7, 11) is 0. The van der Waals surface area contributed by atoms with Gasteiger partial charge in [-0.3, -0.25) is 9.69 Å². The van der Waals surface area contributed by atoms with Crippen molar-refractivity contribution in [1.29, 1.82) is 0 Å². The Morgan fingerprint density at radius 2 is 1.71 bits per heavy atom. The van der Waals surface area contributed by atoms with E-state index in [9.17, 15) is 4.79 Å². The summed E-state index contributed by atoms with van der Waals surface area (Å²) in [5.74, 6) is 0.208. The molecule has 1 aromatic heterocycles. The van der Waals surface area contributed by atoms with Crippen LogP contribution in [0.2, 0.25) is 5.15 Å². The Labute approximate surface area is 170 Å². The molecule has 1 aliphatic heterocycles. The molecule has 2 aromatic carbocycles. The van der Waals surface area contributed by atoms with E-state index in [1.165, 1.54) is 5.56 Å². The molecule has 5 heteroatoms. The van der Waals surface area contributed by atoms with E-state index in [0.29, 0.717) is 11.6 Å². The van der Waals surface area contributed by atoms with Crippen molar-refractivity contribution < 1.29 is 4.79 Å². The average molecular weight is 394 g/mol. The lowest BCUT2D eigenvalue weighted by molar-refractivity contribution is -0.132. The second-order valence-corrected chi connectivity index (χ2v) is 7.75. The fraction of sp³-hybridized carbons (Fsp3) is 0.304. The third kappa shape index (κ3) is 4.18. The minimum atomic E-state index is 0.208. The normalized spacial score (nSPS) is 15.1. The molecule has 0 bridgehead atoms. The molecule has 4 rings (SSSR count). The van der Waals surface area contributed by atoms with E-state index in [1.54, 1.807) is 0 Å². The van der Waals surface area contributed by atoms with Gasteiger partial charge >= 0.3 is 0 Å². The number of pyridine rings is 1. The van der Waals surface area contributed by atoms with Crippen molar-refractivity contribution in [1.82, 2.24) is 14.8 Å². The number of aromatic nitrogens is 1. The minimum absolute atomic E-state index is 0.208. The number of benzene rings is 2. The van der Waals surface area contributed by atoms with Crippen LogP contribution in [0.25, 0.3) is 10.9 Å². The Bertz CT molecular complexity index is 996. The van der Waals surface area contributed by atoms with Crippen LogP contribution in [0.5, 0.6) is 0 Å². The van der Waals surface area contributed by atoms with Crippen LogP contribution in [0, 0.1) is 6.92 Å². The highest BCUT2D eigenvalue weighted by Crippen LogP contribution is 2.22. The van der Waals surface area contributed by atoms with Gasteiger partial charge in [0.15, 0.2) is 0 Å². The first kappa shape index (κ1) is 18.9. The lowest BCUT2D eigenvalue weighted by Crippen LogP contribution is -2.48. The molecule has 0 saturated carbocycles. The second kappa shape index (κ2) is 8.29. The van der Waals surface area contributed by atoms with Crippen LogP contribution in [0.15, 0.2) is 54.6 Å². The molecule has 0 spiro atoms. The van der Waals surface area contributed by atoms with E-state index in [1.807, 2.05) is 41.3 Å². The topological polar surface area (TPSA) is 36.4 Å². The SMILES string of the molecule is Cc1ccccc1CC(=O)N1CCN(Cc2cc3ccccc3nc2Cl)CC1. The lowest BCUT2D eigenvalue weighted by Gasteiger charge is -2.35. The zero-order valence-electron chi connectivity index (χ0n) is 16.1. The lowest BCUT2D eigenvalue weighted by atomic mass is 10.1. The van der Waals surface area contributed by atoms with Crippen molar-refractivity contribution in [2.75, 3.05) is 26.2 Å². The van der Waals surface area contributed by atoms with Crippen molar-refractivity contribution in [2.45, 2.75) is 19.9 Å². The van der Waals surface area contributed by atoms with E-state index >= 15 is 0 Å². The van der Waals surface area contributed by atoms with Crippen molar-refractivity contribution in [3.05, 3.63) is 76.4 Å². The van der Waals surface area contributed by atoms with Gasteiger partial charge in [-0.05, 0) is 30.2 Å². The number of amides is 1. The molecule has 4 nitrogen and oxygen atoms in total. The molecule has 1 aliphatic rings. The smallest absolute Gasteiger partial charge is 0.227 e. The molecule has 1 amide bonds. The zero-order valence-corrected chi connectivity index (χ0v) is 16.8. The summed E-state index contributed by atoms with van der Waals surface area (Å²) < 4.78 is 0. The Hall–Kier alpha value is -2.43. The highest BCUT2D eigenvalue weighted by Gasteiger charge is 2.22. The number of carbonyl (C=O) groups excluding carboxylic acids is 1. The average Bonchev–Trinajstić information content (AvgIpc) is 2.71. The third-order valence-electron chi connectivity index (χ3n) is 5.47. The molecule has 0 radical (unpaired) electrons. The van der Waals surface area contributed by atoms with Crippen LogP contribution >= 0.6 is 11.6 Å². The second-order valence-electron chi connectivity index (χ2n) is 7.39. The van der Waals surface area contributed by atoms with E-state index in [0.717, 1.165) is 54.8 Å². The van der Waals surface area contributed by atoms with Crippen molar-refractivity contribution >= 4 is 28.4 Å². The highest BCUT2D eigenvalue weighted by molar-refractivity contribution is 6.30. The largest absolute Gasteiger partial charge is 0.340 e. The van der Waals surface area contributed by atoms with Gasteiger partial charge in [-0.1, -0.05) is 54.1 Å². The molecule has 1 saturated heterocycles. The van der Waals surface area contributed by atoms with E-state index in [4.69, 9.17) is 11.6 Å². The monoisotopic (exact) mass is 393 g/mol. The van der Waals surface area contributed by atoms with Crippen molar-refractivity contribution in [2.24, 2.45) is 0 Å².